The molecule has 4 aromatic rings. The molecule has 3 atom stereocenters. The summed E-state index contributed by atoms with van der Waals surface area (Å²) in [6, 6.07) is 12.3. The zero-order valence-electron chi connectivity index (χ0n) is 18.3. The van der Waals surface area contributed by atoms with Crippen molar-refractivity contribution in [2.24, 2.45) is 0 Å². The Morgan fingerprint density at radius 3 is 2.70 bits per heavy atom. The van der Waals surface area contributed by atoms with Crippen molar-refractivity contribution in [3.63, 3.8) is 0 Å². The first-order valence-corrected chi connectivity index (χ1v) is 10.6. The number of benzene rings is 2. The highest BCUT2D eigenvalue weighted by molar-refractivity contribution is 5.87. The van der Waals surface area contributed by atoms with Gasteiger partial charge in [0.15, 0.2) is 11.9 Å². The molecule has 4 N–H and O–H groups in total. The summed E-state index contributed by atoms with van der Waals surface area (Å²) in [7, 11) is 4.03. The van der Waals surface area contributed by atoms with E-state index in [-0.39, 0.29) is 18.2 Å². The maximum Gasteiger partial charge on any atom is 0.209 e. The average molecular weight is 444 g/mol. The van der Waals surface area contributed by atoms with Crippen LogP contribution in [0.1, 0.15) is 24.0 Å². The number of aliphatic hydroxyl groups is 2. The second-order valence-corrected chi connectivity index (χ2v) is 8.26. The summed E-state index contributed by atoms with van der Waals surface area (Å²) in [5.74, 6) is 6.64. The van der Waals surface area contributed by atoms with Gasteiger partial charge in [-0.25, -0.2) is 14.6 Å². The van der Waals surface area contributed by atoms with Crippen molar-refractivity contribution in [1.29, 1.82) is 0 Å². The molecule has 3 heterocycles. The van der Waals surface area contributed by atoms with E-state index in [1.54, 1.807) is 10.9 Å². The predicted molar refractivity (Wildman–Crippen MR) is 126 cm³/mol. The van der Waals surface area contributed by atoms with E-state index >= 15 is 0 Å². The molecule has 0 aliphatic carbocycles. The fourth-order valence-electron chi connectivity index (χ4n) is 3.96. The van der Waals surface area contributed by atoms with Crippen LogP contribution >= 0.6 is 0 Å². The van der Waals surface area contributed by atoms with Crippen LogP contribution in [0.3, 0.4) is 0 Å². The molecule has 5 rings (SSSR count). The van der Waals surface area contributed by atoms with E-state index in [0.717, 1.165) is 22.0 Å². The molecule has 2 aromatic carbocycles. The van der Waals surface area contributed by atoms with Gasteiger partial charge in [-0.05, 0) is 41.0 Å². The van der Waals surface area contributed by atoms with Crippen LogP contribution in [0.4, 0.5) is 11.5 Å². The lowest BCUT2D eigenvalue weighted by atomic mass is 10.1. The molecule has 0 saturated carbocycles. The highest BCUT2D eigenvalue weighted by Crippen LogP contribution is 2.31. The normalized spacial score (nSPS) is 20.2. The maximum atomic E-state index is 10.1. The number of aromatic nitrogens is 4. The van der Waals surface area contributed by atoms with Crippen LogP contribution < -0.4 is 10.6 Å². The summed E-state index contributed by atoms with van der Waals surface area (Å²) in [6.45, 7) is -0.271. The van der Waals surface area contributed by atoms with Gasteiger partial charge in [-0.3, -0.25) is 0 Å². The number of rotatable bonds is 3. The molecule has 168 valence electrons. The predicted octanol–water partition coefficient (Wildman–Crippen LogP) is 1.67. The summed E-state index contributed by atoms with van der Waals surface area (Å²) in [6.07, 6.45) is -0.138. The van der Waals surface area contributed by atoms with Crippen molar-refractivity contribution in [2.75, 3.05) is 31.3 Å². The van der Waals surface area contributed by atoms with E-state index in [0.29, 0.717) is 17.5 Å². The van der Waals surface area contributed by atoms with Gasteiger partial charge in [-0.1, -0.05) is 18.1 Å². The Morgan fingerprint density at radius 1 is 1.15 bits per heavy atom. The zero-order chi connectivity index (χ0) is 23.1. The molecule has 1 saturated heterocycles. The molecule has 0 bridgehead atoms. The maximum absolute atomic E-state index is 10.1. The Labute approximate surface area is 190 Å². The molecule has 33 heavy (non-hydrogen) atoms. The number of ether oxygens (including phenoxy) is 1. The minimum Gasteiger partial charge on any atom is -0.394 e. The SMILES string of the molecule is CN(C)c1ccc2cc(C#Cc3nc(N)c4cnn([C@H]5C[C@H](O)[C@@H](CO)O5)c4n3)ccc2c1. The average Bonchev–Trinajstić information content (AvgIpc) is 3.40. The number of hydrogen-bond donors (Lipinski definition) is 3. The number of nitrogens with two attached hydrogens (primary N) is 1. The molecule has 2 aromatic heterocycles. The minimum absolute atomic E-state index is 0.266. The Kier molecular flexibility index (Phi) is 5.34. The van der Waals surface area contributed by atoms with Gasteiger partial charge in [0.05, 0.1) is 24.3 Å². The van der Waals surface area contributed by atoms with Gasteiger partial charge < -0.3 is 25.6 Å². The number of anilines is 2. The van der Waals surface area contributed by atoms with E-state index in [2.05, 4.69) is 50.0 Å². The van der Waals surface area contributed by atoms with Crippen LogP contribution in [-0.2, 0) is 4.74 Å². The molecule has 1 aliphatic rings. The molecule has 0 radical (unpaired) electrons. The molecule has 0 unspecified atom stereocenters. The van der Waals surface area contributed by atoms with Crippen molar-refractivity contribution < 1.29 is 14.9 Å². The third-order valence-corrected chi connectivity index (χ3v) is 5.80. The molecular weight excluding hydrogens is 420 g/mol. The quantitative estimate of drug-likeness (QED) is 0.408. The summed E-state index contributed by atoms with van der Waals surface area (Å²) in [4.78, 5) is 10.9. The van der Waals surface area contributed by atoms with Crippen LogP contribution in [0.5, 0.6) is 0 Å². The molecule has 9 heteroatoms. The zero-order valence-corrected chi connectivity index (χ0v) is 18.3. The van der Waals surface area contributed by atoms with Gasteiger partial charge in [-0.15, -0.1) is 0 Å². The summed E-state index contributed by atoms with van der Waals surface area (Å²) in [5.41, 5.74) is 8.57. The first kappa shape index (κ1) is 21.2. The van der Waals surface area contributed by atoms with E-state index < -0.39 is 18.4 Å². The molecule has 1 fully saturated rings. The standard InChI is InChI=1S/C24H24N6O3/c1-29(2)17-7-6-15-9-14(3-5-16(15)10-17)4-8-21-27-23(25)18-12-26-30(24(18)28-21)22-11-19(32)20(13-31)33-22/h3,5-7,9-10,12,19-20,22,31-32H,11,13H2,1-2H3,(H2,25,27,28)/t19-,20+,22+/m0/s1. The molecule has 0 spiro atoms. The van der Waals surface area contributed by atoms with Crippen LogP contribution in [0.25, 0.3) is 21.8 Å². The van der Waals surface area contributed by atoms with Gasteiger partial charge in [0, 0.05) is 31.8 Å². The van der Waals surface area contributed by atoms with Crippen molar-refractivity contribution in [1.82, 2.24) is 19.7 Å². The number of nitrogens with zero attached hydrogens (tertiary/aromatic N) is 5. The molecule has 9 nitrogen and oxygen atoms in total. The van der Waals surface area contributed by atoms with Crippen molar-refractivity contribution in [3.8, 4) is 11.8 Å². The van der Waals surface area contributed by atoms with Gasteiger partial charge in [0.25, 0.3) is 0 Å². The number of aliphatic hydroxyl groups excluding tert-OH is 2. The highest BCUT2D eigenvalue weighted by atomic mass is 16.5. The number of nitrogen functional groups attached to an aromatic ring is 1. The Morgan fingerprint density at radius 2 is 1.94 bits per heavy atom. The lowest BCUT2D eigenvalue weighted by Crippen LogP contribution is -2.24. The van der Waals surface area contributed by atoms with Gasteiger partial charge in [0.2, 0.25) is 5.82 Å². The van der Waals surface area contributed by atoms with Gasteiger partial charge >= 0.3 is 0 Å². The third-order valence-electron chi connectivity index (χ3n) is 5.80. The topological polar surface area (TPSA) is 123 Å². The number of hydrogen-bond acceptors (Lipinski definition) is 8. The largest absolute Gasteiger partial charge is 0.394 e. The highest BCUT2D eigenvalue weighted by Gasteiger charge is 2.35. The number of fused-ring (bicyclic) bond motifs is 2. The van der Waals surface area contributed by atoms with Crippen LogP contribution in [-0.4, -0.2) is 62.9 Å². The lowest BCUT2D eigenvalue weighted by Gasteiger charge is -2.13. The summed E-state index contributed by atoms with van der Waals surface area (Å²) >= 11 is 0. The smallest absolute Gasteiger partial charge is 0.209 e. The van der Waals surface area contributed by atoms with Crippen LogP contribution in [0.15, 0.2) is 42.6 Å². The van der Waals surface area contributed by atoms with E-state index in [1.165, 1.54) is 0 Å². The first-order valence-electron chi connectivity index (χ1n) is 10.6. The van der Waals surface area contributed by atoms with Crippen molar-refractivity contribution in [2.45, 2.75) is 24.9 Å². The Bertz CT molecular complexity index is 1400. The van der Waals surface area contributed by atoms with E-state index in [4.69, 9.17) is 10.5 Å². The first-order chi connectivity index (χ1) is 15.9. The van der Waals surface area contributed by atoms with Crippen LogP contribution in [0, 0.1) is 11.8 Å². The summed E-state index contributed by atoms with van der Waals surface area (Å²) in [5, 5.41) is 26.5. The van der Waals surface area contributed by atoms with Crippen LogP contribution in [0.2, 0.25) is 0 Å². The molecular formula is C24H24N6O3. The lowest BCUT2D eigenvalue weighted by molar-refractivity contribution is -0.0470. The summed E-state index contributed by atoms with van der Waals surface area (Å²) < 4.78 is 7.26. The third kappa shape index (κ3) is 3.96. The van der Waals surface area contributed by atoms with Gasteiger partial charge in [-0.2, -0.15) is 5.10 Å². The van der Waals surface area contributed by atoms with Gasteiger partial charge in [0.1, 0.15) is 11.9 Å². The Balaban J connectivity index is 1.47. The van der Waals surface area contributed by atoms with E-state index in [9.17, 15) is 10.2 Å². The monoisotopic (exact) mass is 444 g/mol. The van der Waals surface area contributed by atoms with Crippen molar-refractivity contribution >= 4 is 33.3 Å². The van der Waals surface area contributed by atoms with Crippen molar-refractivity contribution in [3.05, 3.63) is 54.0 Å². The minimum atomic E-state index is -0.778. The Hall–Kier alpha value is -3.71. The molecule has 0 amide bonds. The molecule has 1 aliphatic heterocycles. The fraction of sp³-hybridized carbons (Fsp3) is 0.292. The fourth-order valence-corrected chi connectivity index (χ4v) is 3.96. The second kappa shape index (κ2) is 8.33. The van der Waals surface area contributed by atoms with E-state index in [1.807, 2.05) is 32.3 Å². The second-order valence-electron chi connectivity index (χ2n) is 8.26.